The van der Waals surface area contributed by atoms with Crippen LogP contribution in [0.1, 0.15) is 19.8 Å². The van der Waals surface area contributed by atoms with Crippen LogP contribution in [0.5, 0.6) is 0 Å². The summed E-state index contributed by atoms with van der Waals surface area (Å²) in [6, 6.07) is 6.29. The van der Waals surface area contributed by atoms with Crippen LogP contribution in [0.15, 0.2) is 29.2 Å². The molecule has 1 heterocycles. The molecule has 1 fully saturated rings. The maximum atomic E-state index is 12.2. The highest BCUT2D eigenvalue weighted by atomic mass is 32.2. The summed E-state index contributed by atoms with van der Waals surface area (Å²) >= 11 is 0. The fourth-order valence-electron chi connectivity index (χ4n) is 2.44. The summed E-state index contributed by atoms with van der Waals surface area (Å²) in [6.07, 6.45) is 1.32. The van der Waals surface area contributed by atoms with E-state index in [2.05, 4.69) is 10.0 Å². The van der Waals surface area contributed by atoms with Crippen molar-refractivity contribution in [3.63, 3.8) is 0 Å². The standard InChI is InChI=1S/C13H20N2O4S2/c1-2-14-21(18,19)13-8-4-3-7-12(13)15-11-6-5-9-20(16,17)10-11/h3-4,7-8,11,14-15H,2,5-6,9-10H2,1H3. The fourth-order valence-corrected chi connectivity index (χ4v) is 5.29. The quantitative estimate of drug-likeness (QED) is 0.838. The van der Waals surface area contributed by atoms with Gasteiger partial charge in [0.25, 0.3) is 0 Å². The number of benzene rings is 1. The van der Waals surface area contributed by atoms with Crippen LogP contribution in [0.4, 0.5) is 5.69 Å². The van der Waals surface area contributed by atoms with Crippen LogP contribution in [0.2, 0.25) is 0 Å². The summed E-state index contributed by atoms with van der Waals surface area (Å²) in [4.78, 5) is 0.148. The molecule has 0 spiro atoms. The molecule has 0 amide bonds. The van der Waals surface area contributed by atoms with E-state index in [0.29, 0.717) is 18.7 Å². The van der Waals surface area contributed by atoms with Gasteiger partial charge in [-0.25, -0.2) is 21.6 Å². The van der Waals surface area contributed by atoms with Crippen molar-refractivity contribution in [2.24, 2.45) is 0 Å². The van der Waals surface area contributed by atoms with Gasteiger partial charge in [0, 0.05) is 12.6 Å². The second kappa shape index (κ2) is 6.33. The number of hydrogen-bond acceptors (Lipinski definition) is 5. The molecular formula is C13H20N2O4S2. The minimum Gasteiger partial charge on any atom is -0.380 e. The Kier molecular flexibility index (Phi) is 4.90. The summed E-state index contributed by atoms with van der Waals surface area (Å²) < 4.78 is 50.1. The molecule has 118 valence electrons. The Balaban J connectivity index is 2.25. The van der Waals surface area contributed by atoms with Crippen LogP contribution in [0.25, 0.3) is 0 Å². The fraction of sp³-hybridized carbons (Fsp3) is 0.538. The van der Waals surface area contributed by atoms with Crippen molar-refractivity contribution in [3.05, 3.63) is 24.3 Å². The van der Waals surface area contributed by atoms with Gasteiger partial charge in [0.1, 0.15) is 4.90 Å². The van der Waals surface area contributed by atoms with Gasteiger partial charge in [-0.3, -0.25) is 0 Å². The zero-order valence-corrected chi connectivity index (χ0v) is 13.5. The molecule has 1 saturated heterocycles. The smallest absolute Gasteiger partial charge is 0.242 e. The molecular weight excluding hydrogens is 312 g/mol. The zero-order chi connectivity index (χ0) is 15.5. The Labute approximate surface area is 125 Å². The number of sulfonamides is 1. The second-order valence-corrected chi connectivity index (χ2v) is 9.06. The average Bonchev–Trinajstić information content (AvgIpc) is 2.38. The topological polar surface area (TPSA) is 92.3 Å². The van der Waals surface area contributed by atoms with Gasteiger partial charge in [-0.05, 0) is 25.0 Å². The van der Waals surface area contributed by atoms with Crippen molar-refractivity contribution in [1.82, 2.24) is 4.72 Å². The molecule has 0 bridgehead atoms. The lowest BCUT2D eigenvalue weighted by atomic mass is 10.1. The molecule has 0 aliphatic carbocycles. The van der Waals surface area contributed by atoms with Crippen molar-refractivity contribution in [2.45, 2.75) is 30.7 Å². The van der Waals surface area contributed by atoms with E-state index in [1.54, 1.807) is 25.1 Å². The van der Waals surface area contributed by atoms with E-state index in [1.807, 2.05) is 0 Å². The number of rotatable bonds is 5. The Morgan fingerprint density at radius 1 is 1.29 bits per heavy atom. The molecule has 0 radical (unpaired) electrons. The average molecular weight is 332 g/mol. The molecule has 1 aliphatic rings. The minimum absolute atomic E-state index is 0.0442. The van der Waals surface area contributed by atoms with Crippen LogP contribution in [-0.4, -0.2) is 40.9 Å². The van der Waals surface area contributed by atoms with E-state index in [9.17, 15) is 16.8 Å². The highest BCUT2D eigenvalue weighted by molar-refractivity contribution is 7.91. The molecule has 1 unspecified atom stereocenters. The third kappa shape index (κ3) is 4.18. The molecule has 2 N–H and O–H groups in total. The first-order valence-electron chi connectivity index (χ1n) is 6.90. The van der Waals surface area contributed by atoms with Gasteiger partial charge in [0.15, 0.2) is 9.84 Å². The molecule has 2 rings (SSSR count). The van der Waals surface area contributed by atoms with Gasteiger partial charge in [0.2, 0.25) is 10.0 Å². The summed E-state index contributed by atoms with van der Waals surface area (Å²) in [6.45, 7) is 2.01. The number of sulfone groups is 1. The van der Waals surface area contributed by atoms with Gasteiger partial charge >= 0.3 is 0 Å². The predicted octanol–water partition coefficient (Wildman–Crippen LogP) is 0.974. The first kappa shape index (κ1) is 16.3. The molecule has 0 saturated carbocycles. The van der Waals surface area contributed by atoms with Crippen molar-refractivity contribution < 1.29 is 16.8 Å². The molecule has 21 heavy (non-hydrogen) atoms. The maximum absolute atomic E-state index is 12.2. The first-order chi connectivity index (χ1) is 9.84. The Morgan fingerprint density at radius 2 is 2.00 bits per heavy atom. The van der Waals surface area contributed by atoms with E-state index >= 15 is 0 Å². The molecule has 1 aromatic rings. The van der Waals surface area contributed by atoms with Crippen LogP contribution in [0.3, 0.4) is 0 Å². The normalized spacial score (nSPS) is 21.9. The van der Waals surface area contributed by atoms with Crippen LogP contribution >= 0.6 is 0 Å². The Bertz CT molecular complexity index is 699. The molecule has 1 aliphatic heterocycles. The lowest BCUT2D eigenvalue weighted by Crippen LogP contribution is -2.35. The molecule has 8 heteroatoms. The third-order valence-electron chi connectivity index (χ3n) is 3.33. The predicted molar refractivity (Wildman–Crippen MR) is 82.6 cm³/mol. The van der Waals surface area contributed by atoms with Crippen molar-refractivity contribution >= 4 is 25.5 Å². The largest absolute Gasteiger partial charge is 0.380 e. The summed E-state index contributed by atoms with van der Waals surface area (Å²) in [5.41, 5.74) is 0.445. The van der Waals surface area contributed by atoms with E-state index in [-0.39, 0.29) is 22.4 Å². The van der Waals surface area contributed by atoms with Gasteiger partial charge in [-0.2, -0.15) is 0 Å². The highest BCUT2D eigenvalue weighted by Crippen LogP contribution is 2.24. The van der Waals surface area contributed by atoms with E-state index in [4.69, 9.17) is 0 Å². The molecule has 6 nitrogen and oxygen atoms in total. The summed E-state index contributed by atoms with van der Waals surface area (Å²) in [5.74, 6) is 0.255. The lowest BCUT2D eigenvalue weighted by molar-refractivity contribution is 0.561. The SMILES string of the molecule is CCNS(=O)(=O)c1ccccc1NC1CCCS(=O)(=O)C1. The third-order valence-corrected chi connectivity index (χ3v) is 6.76. The maximum Gasteiger partial charge on any atom is 0.242 e. The number of anilines is 1. The van der Waals surface area contributed by atoms with E-state index in [1.165, 1.54) is 6.07 Å². The second-order valence-electron chi connectivity index (χ2n) is 5.10. The molecule has 1 aromatic carbocycles. The lowest BCUT2D eigenvalue weighted by Gasteiger charge is -2.25. The molecule has 0 aromatic heterocycles. The van der Waals surface area contributed by atoms with Gasteiger partial charge < -0.3 is 5.32 Å². The first-order valence-corrected chi connectivity index (χ1v) is 10.2. The summed E-state index contributed by atoms with van der Waals surface area (Å²) in [7, 11) is -6.62. The van der Waals surface area contributed by atoms with Gasteiger partial charge in [-0.1, -0.05) is 19.1 Å². The zero-order valence-electron chi connectivity index (χ0n) is 11.9. The van der Waals surface area contributed by atoms with Crippen molar-refractivity contribution in [2.75, 3.05) is 23.4 Å². The molecule has 1 atom stereocenters. The van der Waals surface area contributed by atoms with Crippen LogP contribution in [0, 0.1) is 0 Å². The summed E-state index contributed by atoms with van der Waals surface area (Å²) in [5, 5.41) is 3.07. The highest BCUT2D eigenvalue weighted by Gasteiger charge is 2.26. The van der Waals surface area contributed by atoms with E-state index < -0.39 is 19.9 Å². The minimum atomic E-state index is -3.58. The number of nitrogens with one attached hydrogen (secondary N) is 2. The number of hydrogen-bond donors (Lipinski definition) is 2. The van der Waals surface area contributed by atoms with Gasteiger partial charge in [0.05, 0.1) is 17.2 Å². The Hall–Kier alpha value is -1.12. The van der Waals surface area contributed by atoms with Crippen molar-refractivity contribution in [1.29, 1.82) is 0 Å². The van der Waals surface area contributed by atoms with E-state index in [0.717, 1.165) is 6.42 Å². The van der Waals surface area contributed by atoms with Gasteiger partial charge in [-0.15, -0.1) is 0 Å². The number of para-hydroxylation sites is 1. The van der Waals surface area contributed by atoms with Crippen LogP contribution in [-0.2, 0) is 19.9 Å². The van der Waals surface area contributed by atoms with Crippen LogP contribution < -0.4 is 10.0 Å². The monoisotopic (exact) mass is 332 g/mol. The Morgan fingerprint density at radius 3 is 2.67 bits per heavy atom. The van der Waals surface area contributed by atoms with Crippen molar-refractivity contribution in [3.8, 4) is 0 Å².